The Morgan fingerprint density at radius 1 is 1.10 bits per heavy atom. The van der Waals surface area contributed by atoms with Crippen LogP contribution in [0.2, 0.25) is 0 Å². The molecule has 2 aromatic rings. The summed E-state index contributed by atoms with van der Waals surface area (Å²) in [5, 5.41) is 8.05. The Labute approximate surface area is 173 Å². The van der Waals surface area contributed by atoms with Crippen LogP contribution in [0.5, 0.6) is 0 Å². The van der Waals surface area contributed by atoms with Crippen molar-refractivity contribution >= 4 is 0 Å². The molecule has 0 radical (unpaired) electrons. The molecule has 1 saturated heterocycles. The van der Waals surface area contributed by atoms with E-state index < -0.39 is 11.9 Å². The van der Waals surface area contributed by atoms with Gasteiger partial charge in [-0.3, -0.25) is 0 Å². The van der Waals surface area contributed by atoms with E-state index in [2.05, 4.69) is 15.4 Å². The number of ether oxygens (including phenoxy) is 1. The highest BCUT2D eigenvalue weighted by Crippen LogP contribution is 2.44. The fourth-order valence-corrected chi connectivity index (χ4v) is 4.65. The second kappa shape index (κ2) is 7.92. The van der Waals surface area contributed by atoms with Gasteiger partial charge in [-0.1, -0.05) is 6.07 Å². The van der Waals surface area contributed by atoms with Gasteiger partial charge < -0.3 is 10.1 Å². The molecule has 1 aliphatic heterocycles. The molecule has 0 spiro atoms. The van der Waals surface area contributed by atoms with Crippen LogP contribution in [0.25, 0.3) is 11.5 Å². The number of alkyl halides is 3. The number of pyridine rings is 1. The Bertz CT molecular complexity index is 887. The van der Waals surface area contributed by atoms with Gasteiger partial charge in [-0.15, -0.1) is 5.10 Å². The van der Waals surface area contributed by atoms with E-state index in [0.29, 0.717) is 17.8 Å². The quantitative estimate of drug-likeness (QED) is 0.810. The van der Waals surface area contributed by atoms with E-state index in [0.717, 1.165) is 70.1 Å². The van der Waals surface area contributed by atoms with Crippen LogP contribution in [0.3, 0.4) is 0 Å². The Kier molecular flexibility index (Phi) is 5.26. The molecule has 0 bridgehead atoms. The molecule has 9 heteroatoms. The topological polar surface area (TPSA) is 64.9 Å². The van der Waals surface area contributed by atoms with Crippen LogP contribution in [-0.4, -0.2) is 45.5 Å². The second-order valence-electron chi connectivity index (χ2n) is 8.61. The first kappa shape index (κ1) is 19.9. The molecule has 3 fully saturated rings. The summed E-state index contributed by atoms with van der Waals surface area (Å²) >= 11 is 0. The Morgan fingerprint density at radius 3 is 2.77 bits per heavy atom. The van der Waals surface area contributed by atoms with Gasteiger partial charge in [0, 0.05) is 19.1 Å². The molecule has 3 heterocycles. The largest absolute Gasteiger partial charge is 0.433 e. The lowest BCUT2D eigenvalue weighted by Gasteiger charge is -2.22. The van der Waals surface area contributed by atoms with Crippen LogP contribution in [0.1, 0.15) is 62.0 Å². The van der Waals surface area contributed by atoms with E-state index in [9.17, 15) is 13.2 Å². The van der Waals surface area contributed by atoms with Gasteiger partial charge in [0.15, 0.2) is 5.82 Å². The van der Waals surface area contributed by atoms with Gasteiger partial charge in [-0.25, -0.2) is 14.6 Å². The summed E-state index contributed by atoms with van der Waals surface area (Å²) in [4.78, 5) is 8.49. The van der Waals surface area contributed by atoms with Crippen molar-refractivity contribution in [3.8, 4) is 11.5 Å². The first-order valence-electron chi connectivity index (χ1n) is 10.8. The average molecular weight is 421 g/mol. The smallest absolute Gasteiger partial charge is 0.377 e. The van der Waals surface area contributed by atoms with Crippen molar-refractivity contribution < 1.29 is 17.9 Å². The highest BCUT2D eigenvalue weighted by molar-refractivity contribution is 5.49. The fourth-order valence-electron chi connectivity index (χ4n) is 4.65. The number of aromatic nitrogens is 4. The van der Waals surface area contributed by atoms with E-state index in [-0.39, 0.29) is 17.7 Å². The zero-order valence-electron chi connectivity index (χ0n) is 16.7. The molecule has 162 valence electrons. The van der Waals surface area contributed by atoms with Gasteiger partial charge in [-0.05, 0) is 63.1 Å². The lowest BCUT2D eigenvalue weighted by atomic mass is 9.98. The summed E-state index contributed by atoms with van der Waals surface area (Å²) in [7, 11) is 0. The maximum absolute atomic E-state index is 13.1. The van der Waals surface area contributed by atoms with Gasteiger partial charge in [0.2, 0.25) is 0 Å². The second-order valence-corrected chi connectivity index (χ2v) is 8.61. The summed E-state index contributed by atoms with van der Waals surface area (Å²) in [6, 6.07) is 4.20. The van der Waals surface area contributed by atoms with Crippen molar-refractivity contribution in [1.29, 1.82) is 0 Å². The van der Waals surface area contributed by atoms with Gasteiger partial charge in [0.05, 0.1) is 12.1 Å². The standard InChI is InChI=1S/C21H26F3N5O/c22-21(23,24)18-4-1-3-16(26-18)19-27-20(29(28-19)15-7-8-15)14-6-5-13(11-14)17-12-25-9-2-10-30-17/h1,3-4,13-15,17,25H,2,5-12H2. The van der Waals surface area contributed by atoms with E-state index >= 15 is 0 Å². The summed E-state index contributed by atoms with van der Waals surface area (Å²) in [5.74, 6) is 1.92. The van der Waals surface area contributed by atoms with Crippen molar-refractivity contribution in [2.45, 2.75) is 62.8 Å². The van der Waals surface area contributed by atoms with Crippen molar-refractivity contribution in [3.05, 3.63) is 29.7 Å². The first-order chi connectivity index (χ1) is 14.5. The number of rotatable bonds is 4. The molecular formula is C21H26F3N5O. The average Bonchev–Trinajstić information content (AvgIpc) is 3.39. The van der Waals surface area contributed by atoms with Crippen LogP contribution in [0.4, 0.5) is 13.2 Å². The van der Waals surface area contributed by atoms with Gasteiger partial charge in [0.1, 0.15) is 17.2 Å². The third-order valence-corrected chi connectivity index (χ3v) is 6.36. The number of nitrogens with one attached hydrogen (secondary N) is 1. The summed E-state index contributed by atoms with van der Waals surface area (Å²) in [5.41, 5.74) is -0.736. The highest BCUT2D eigenvalue weighted by atomic mass is 19.4. The van der Waals surface area contributed by atoms with E-state index in [4.69, 9.17) is 9.72 Å². The third kappa shape index (κ3) is 4.09. The normalized spacial score (nSPS) is 27.9. The van der Waals surface area contributed by atoms with Gasteiger partial charge in [-0.2, -0.15) is 13.2 Å². The predicted octanol–water partition coefficient (Wildman–Crippen LogP) is 3.96. The summed E-state index contributed by atoms with van der Waals surface area (Å²) in [6.45, 7) is 2.67. The molecule has 1 N–H and O–H groups in total. The minimum absolute atomic E-state index is 0.177. The fraction of sp³-hybridized carbons (Fsp3) is 0.667. The molecule has 0 amide bonds. The minimum Gasteiger partial charge on any atom is -0.377 e. The van der Waals surface area contributed by atoms with Crippen molar-refractivity contribution in [2.24, 2.45) is 5.92 Å². The summed E-state index contributed by atoms with van der Waals surface area (Å²) < 4.78 is 47.2. The first-order valence-corrected chi connectivity index (χ1v) is 10.8. The van der Waals surface area contributed by atoms with Crippen molar-refractivity contribution in [3.63, 3.8) is 0 Å². The maximum Gasteiger partial charge on any atom is 0.433 e. The number of hydrogen-bond donors (Lipinski definition) is 1. The molecular weight excluding hydrogens is 395 g/mol. The molecule has 3 aliphatic rings. The van der Waals surface area contributed by atoms with Crippen molar-refractivity contribution in [2.75, 3.05) is 19.7 Å². The molecule has 2 aromatic heterocycles. The van der Waals surface area contributed by atoms with E-state index in [1.165, 1.54) is 6.07 Å². The number of nitrogens with zero attached hydrogens (tertiary/aromatic N) is 4. The van der Waals surface area contributed by atoms with Gasteiger partial charge >= 0.3 is 6.18 Å². The third-order valence-electron chi connectivity index (χ3n) is 6.36. The monoisotopic (exact) mass is 421 g/mol. The molecule has 3 atom stereocenters. The lowest BCUT2D eigenvalue weighted by molar-refractivity contribution is -0.141. The van der Waals surface area contributed by atoms with Crippen LogP contribution < -0.4 is 5.32 Å². The summed E-state index contributed by atoms with van der Waals surface area (Å²) in [6.07, 6.45) is 1.91. The number of halogens is 3. The van der Waals surface area contributed by atoms with Gasteiger partial charge in [0.25, 0.3) is 0 Å². The number of hydrogen-bond acceptors (Lipinski definition) is 5. The highest BCUT2D eigenvalue weighted by Gasteiger charge is 2.38. The van der Waals surface area contributed by atoms with Crippen LogP contribution in [0, 0.1) is 5.92 Å². The molecule has 2 aliphatic carbocycles. The van der Waals surface area contributed by atoms with Crippen LogP contribution in [-0.2, 0) is 10.9 Å². The maximum atomic E-state index is 13.1. The minimum atomic E-state index is -4.48. The Morgan fingerprint density at radius 2 is 1.97 bits per heavy atom. The zero-order valence-corrected chi connectivity index (χ0v) is 16.7. The van der Waals surface area contributed by atoms with E-state index in [1.54, 1.807) is 6.07 Å². The lowest BCUT2D eigenvalue weighted by Crippen LogP contribution is -2.31. The van der Waals surface area contributed by atoms with Crippen LogP contribution >= 0.6 is 0 Å². The predicted molar refractivity (Wildman–Crippen MR) is 104 cm³/mol. The van der Waals surface area contributed by atoms with E-state index in [1.807, 2.05) is 4.68 Å². The molecule has 5 rings (SSSR count). The molecule has 3 unspecified atom stereocenters. The molecule has 30 heavy (non-hydrogen) atoms. The SMILES string of the molecule is FC(F)(F)c1cccc(-c2nc(C3CCC(C4CNCCCO4)C3)n(C3CC3)n2)n1. The molecule has 6 nitrogen and oxygen atoms in total. The van der Waals surface area contributed by atoms with Crippen LogP contribution in [0.15, 0.2) is 18.2 Å². The molecule has 0 aromatic carbocycles. The van der Waals surface area contributed by atoms with Crippen molar-refractivity contribution in [1.82, 2.24) is 25.1 Å². The zero-order chi connectivity index (χ0) is 20.7. The molecule has 2 saturated carbocycles. The Hall–Kier alpha value is -2.00. The Balaban J connectivity index is 1.39.